The molecule has 0 amide bonds. The van der Waals surface area contributed by atoms with Crippen molar-refractivity contribution in [2.24, 2.45) is 0 Å². The summed E-state index contributed by atoms with van der Waals surface area (Å²) in [6, 6.07) is 13.5. The van der Waals surface area contributed by atoms with Gasteiger partial charge in [0.15, 0.2) is 0 Å². The second-order valence-electron chi connectivity index (χ2n) is 8.41. The lowest BCUT2D eigenvalue weighted by molar-refractivity contribution is -0.376. The number of aliphatic hydroxyl groups is 1. The topological polar surface area (TPSA) is 83.1 Å². The molecule has 0 radical (unpaired) electrons. The van der Waals surface area contributed by atoms with Gasteiger partial charge in [-0.15, -0.1) is 0 Å². The van der Waals surface area contributed by atoms with Crippen molar-refractivity contribution >= 4 is 15.9 Å². The van der Waals surface area contributed by atoms with Crippen LogP contribution in [0.2, 0.25) is 0 Å². The molecule has 0 atom stereocenters. The zero-order valence-electron chi connectivity index (χ0n) is 19.3. The van der Waals surface area contributed by atoms with Gasteiger partial charge in [0.05, 0.1) is 4.90 Å². The maximum Gasteiger partial charge on any atom is 0.430 e. The Morgan fingerprint density at radius 1 is 0.973 bits per heavy atom. The predicted octanol–water partition coefficient (Wildman–Crippen LogP) is 6.25. The van der Waals surface area contributed by atoms with Crippen molar-refractivity contribution in [3.63, 3.8) is 0 Å². The van der Waals surface area contributed by atoms with E-state index < -0.39 is 38.3 Å². The SMILES string of the molecule is CC(C)c1cc(/C=C(\C#N)S(=O)(=O)c2ccccc2)cn1-c1ccc(C(O)(C(F)(F)F)C(F)(F)F)cc1. The minimum Gasteiger partial charge on any atom is -0.369 e. The van der Waals surface area contributed by atoms with E-state index in [2.05, 4.69) is 0 Å². The molecule has 0 aliphatic heterocycles. The molecule has 0 aliphatic rings. The van der Waals surface area contributed by atoms with Crippen LogP contribution >= 0.6 is 0 Å². The number of benzene rings is 2. The fourth-order valence-electron chi connectivity index (χ4n) is 3.65. The first-order valence-electron chi connectivity index (χ1n) is 10.6. The Morgan fingerprint density at radius 2 is 1.51 bits per heavy atom. The number of nitrogens with zero attached hydrogens (tertiary/aromatic N) is 2. The van der Waals surface area contributed by atoms with E-state index in [-0.39, 0.29) is 22.1 Å². The summed E-state index contributed by atoms with van der Waals surface area (Å²) in [7, 11) is -4.14. The smallest absolute Gasteiger partial charge is 0.369 e. The van der Waals surface area contributed by atoms with Gasteiger partial charge in [0, 0.05) is 23.1 Å². The lowest BCUT2D eigenvalue weighted by Crippen LogP contribution is -2.53. The average molecular weight is 543 g/mol. The van der Waals surface area contributed by atoms with Crippen molar-refractivity contribution in [2.45, 2.75) is 42.6 Å². The predicted molar refractivity (Wildman–Crippen MR) is 123 cm³/mol. The highest BCUT2D eigenvalue weighted by Gasteiger charge is 2.71. The molecule has 196 valence electrons. The Balaban J connectivity index is 2.09. The molecule has 0 saturated heterocycles. The molecule has 0 spiro atoms. The molecule has 12 heteroatoms. The van der Waals surface area contributed by atoms with Crippen LogP contribution in [0.1, 0.15) is 36.6 Å². The molecule has 3 aromatic rings. The van der Waals surface area contributed by atoms with Crippen LogP contribution in [0.3, 0.4) is 0 Å². The van der Waals surface area contributed by atoms with E-state index >= 15 is 0 Å². The fraction of sp³-hybridized carbons (Fsp3) is 0.240. The first kappa shape index (κ1) is 28.0. The van der Waals surface area contributed by atoms with Crippen LogP contribution < -0.4 is 0 Å². The van der Waals surface area contributed by atoms with Crippen LogP contribution in [-0.2, 0) is 15.4 Å². The average Bonchev–Trinajstić information content (AvgIpc) is 3.25. The summed E-state index contributed by atoms with van der Waals surface area (Å²) in [6.07, 6.45) is -9.49. The molecule has 1 aromatic heterocycles. The van der Waals surface area contributed by atoms with E-state index in [0.29, 0.717) is 17.8 Å². The third kappa shape index (κ3) is 5.14. The molecule has 5 nitrogen and oxygen atoms in total. The molecule has 37 heavy (non-hydrogen) atoms. The van der Waals surface area contributed by atoms with Crippen molar-refractivity contribution in [1.29, 1.82) is 5.26 Å². The Labute approximate surface area is 208 Å². The number of halogens is 6. The molecule has 0 fully saturated rings. The van der Waals surface area contributed by atoms with Crippen molar-refractivity contribution in [3.05, 3.63) is 88.6 Å². The number of nitriles is 1. The highest BCUT2D eigenvalue weighted by molar-refractivity contribution is 7.95. The van der Waals surface area contributed by atoms with Crippen molar-refractivity contribution < 1.29 is 39.9 Å². The molecule has 0 unspecified atom stereocenters. The van der Waals surface area contributed by atoms with Gasteiger partial charge in [-0.25, -0.2) is 8.42 Å². The summed E-state index contributed by atoms with van der Waals surface area (Å²) in [4.78, 5) is -0.648. The molecule has 0 aliphatic carbocycles. The third-order valence-corrected chi connectivity index (χ3v) is 7.28. The first-order valence-corrected chi connectivity index (χ1v) is 12.1. The third-order valence-electron chi connectivity index (χ3n) is 5.60. The summed E-state index contributed by atoms with van der Waals surface area (Å²) in [6.45, 7) is 3.54. The van der Waals surface area contributed by atoms with Crippen LogP contribution in [0.15, 0.2) is 76.7 Å². The molecule has 0 saturated carbocycles. The van der Waals surface area contributed by atoms with Crippen LogP contribution in [0.25, 0.3) is 11.8 Å². The van der Waals surface area contributed by atoms with Crippen LogP contribution in [0.4, 0.5) is 26.3 Å². The number of hydrogen-bond acceptors (Lipinski definition) is 4. The number of sulfone groups is 1. The van der Waals surface area contributed by atoms with Crippen LogP contribution in [0.5, 0.6) is 0 Å². The quantitative estimate of drug-likeness (QED) is 0.295. The van der Waals surface area contributed by atoms with Crippen LogP contribution in [-0.4, -0.2) is 30.4 Å². The number of rotatable bonds is 6. The second-order valence-corrected chi connectivity index (χ2v) is 10.3. The first-order chi connectivity index (χ1) is 17.0. The van der Waals surface area contributed by atoms with Gasteiger partial charge < -0.3 is 9.67 Å². The minimum atomic E-state index is -6.01. The summed E-state index contributed by atoms with van der Waals surface area (Å²) in [5, 5.41) is 19.1. The molecule has 2 aromatic carbocycles. The van der Waals surface area contributed by atoms with E-state index in [0.717, 1.165) is 18.2 Å². The normalized spacial score (nSPS) is 13.6. The monoisotopic (exact) mass is 542 g/mol. The van der Waals surface area contributed by atoms with Gasteiger partial charge in [-0.3, -0.25) is 0 Å². The van der Waals surface area contributed by atoms with E-state index in [1.54, 1.807) is 32.0 Å². The zero-order valence-corrected chi connectivity index (χ0v) is 20.2. The lowest BCUT2D eigenvalue weighted by Gasteiger charge is -2.32. The van der Waals surface area contributed by atoms with E-state index in [1.165, 1.54) is 35.0 Å². The van der Waals surface area contributed by atoms with Gasteiger partial charge in [0.1, 0.15) is 11.0 Å². The number of alkyl halides is 6. The van der Waals surface area contributed by atoms with E-state index in [9.17, 15) is 45.1 Å². The van der Waals surface area contributed by atoms with Gasteiger partial charge in [0.25, 0.3) is 5.60 Å². The molecule has 1 heterocycles. The van der Waals surface area contributed by atoms with Gasteiger partial charge in [-0.1, -0.05) is 44.2 Å². The van der Waals surface area contributed by atoms with Crippen LogP contribution in [0, 0.1) is 11.3 Å². The summed E-state index contributed by atoms with van der Waals surface area (Å²) >= 11 is 0. The van der Waals surface area contributed by atoms with Gasteiger partial charge in [-0.2, -0.15) is 31.6 Å². The number of hydrogen-bond donors (Lipinski definition) is 1. The second kappa shape index (κ2) is 9.72. The maximum absolute atomic E-state index is 13.2. The number of allylic oxidation sites excluding steroid dienone is 1. The Bertz CT molecular complexity index is 1430. The Kier molecular flexibility index (Phi) is 7.36. The van der Waals surface area contributed by atoms with Gasteiger partial charge >= 0.3 is 12.4 Å². The fourth-order valence-corrected chi connectivity index (χ4v) is 4.83. The van der Waals surface area contributed by atoms with E-state index in [1.807, 2.05) is 0 Å². The summed E-state index contributed by atoms with van der Waals surface area (Å²) in [5.74, 6) is -0.208. The Morgan fingerprint density at radius 3 is 1.97 bits per heavy atom. The molecule has 3 rings (SSSR count). The molecule has 1 N–H and O–H groups in total. The summed E-state index contributed by atoms with van der Waals surface area (Å²) in [5.41, 5.74) is -5.50. The molecular formula is C25H20F6N2O3S. The lowest BCUT2D eigenvalue weighted by atomic mass is 9.92. The van der Waals surface area contributed by atoms with Crippen molar-refractivity contribution in [2.75, 3.05) is 0 Å². The summed E-state index contributed by atoms with van der Waals surface area (Å²) < 4.78 is 106. The van der Waals surface area contributed by atoms with E-state index in [4.69, 9.17) is 0 Å². The largest absolute Gasteiger partial charge is 0.430 e. The highest BCUT2D eigenvalue weighted by atomic mass is 32.2. The van der Waals surface area contributed by atoms with Crippen molar-refractivity contribution in [3.8, 4) is 11.8 Å². The maximum atomic E-state index is 13.2. The standard InChI is InChI=1S/C25H20F6N2O3S/c1-16(2)22-13-17(12-21(14-32)37(35,36)20-6-4-3-5-7-20)15-33(22)19-10-8-18(9-11-19)23(34,24(26,27)28)25(29,30)31/h3-13,15-16,34H,1-2H3/b21-12+. The highest BCUT2D eigenvalue weighted by Crippen LogP contribution is 2.50. The number of aromatic nitrogens is 1. The van der Waals surface area contributed by atoms with Gasteiger partial charge in [-0.05, 0) is 47.9 Å². The van der Waals surface area contributed by atoms with Crippen molar-refractivity contribution in [1.82, 2.24) is 4.57 Å². The molecular weight excluding hydrogens is 522 g/mol. The Hall–Kier alpha value is -3.56. The van der Waals surface area contributed by atoms with Gasteiger partial charge in [0.2, 0.25) is 9.84 Å². The zero-order chi connectivity index (χ0) is 27.8. The molecule has 0 bridgehead atoms. The minimum absolute atomic E-state index is 0.0938.